The smallest absolute Gasteiger partial charge is 0.323 e. The molecule has 0 saturated carbocycles. The molecule has 2 aromatic heterocycles. The van der Waals surface area contributed by atoms with Crippen LogP contribution in [0.2, 0.25) is 0 Å². The number of unbranched alkanes of at least 4 members (excludes halogenated alkanes) is 13. The number of ether oxygens (including phenoxy) is 3. The highest BCUT2D eigenvalue weighted by Crippen LogP contribution is 2.42. The van der Waals surface area contributed by atoms with E-state index >= 15 is 0 Å². The highest BCUT2D eigenvalue weighted by atomic mass is 31.2. The van der Waals surface area contributed by atoms with Crippen LogP contribution in [-0.2, 0) is 30.1 Å². The molecule has 0 saturated heterocycles. The molecule has 3 atom stereocenters. The fraction of sp³-hybridized carbons (Fsp3) is 0.824. The summed E-state index contributed by atoms with van der Waals surface area (Å²) in [6.07, 6.45) is 22.0. The van der Waals surface area contributed by atoms with E-state index in [4.69, 9.17) is 19.9 Å². The average Bonchev–Trinajstić information content (AvgIpc) is 3.43. The number of nitrogens with two attached hydrogens (primary N) is 1. The summed E-state index contributed by atoms with van der Waals surface area (Å²) in [6.45, 7) is 11.1. The number of anilines is 1. The molecule has 0 bridgehead atoms. The van der Waals surface area contributed by atoms with Crippen molar-refractivity contribution in [1.82, 2.24) is 24.6 Å². The molecular formula is C34H63N6O5P. The highest BCUT2D eigenvalue weighted by Gasteiger charge is 2.29. The first-order valence-corrected chi connectivity index (χ1v) is 19.9. The summed E-state index contributed by atoms with van der Waals surface area (Å²) in [5.41, 5.74) is 7.06. The van der Waals surface area contributed by atoms with Gasteiger partial charge in [0.25, 0.3) is 0 Å². The van der Waals surface area contributed by atoms with Gasteiger partial charge in [0.2, 0.25) is 0 Å². The predicted molar refractivity (Wildman–Crippen MR) is 187 cm³/mol. The second-order valence-electron chi connectivity index (χ2n) is 12.9. The number of esters is 1. The summed E-state index contributed by atoms with van der Waals surface area (Å²) < 4.78 is 33.1. The van der Waals surface area contributed by atoms with E-state index in [0.29, 0.717) is 49.3 Å². The molecule has 3 N–H and O–H groups in total. The zero-order chi connectivity index (χ0) is 33.6. The second kappa shape index (κ2) is 23.3. The van der Waals surface area contributed by atoms with E-state index < -0.39 is 19.3 Å². The fourth-order valence-electron chi connectivity index (χ4n) is 5.44. The van der Waals surface area contributed by atoms with Crippen LogP contribution in [0.3, 0.4) is 0 Å². The molecule has 11 nitrogen and oxygen atoms in total. The van der Waals surface area contributed by atoms with Crippen LogP contribution in [0.15, 0.2) is 12.7 Å². The Kier molecular flexibility index (Phi) is 20.3. The largest absolute Gasteiger partial charge is 0.462 e. The molecule has 0 spiro atoms. The van der Waals surface area contributed by atoms with E-state index in [1.54, 1.807) is 27.1 Å². The molecule has 2 aromatic rings. The van der Waals surface area contributed by atoms with Crippen LogP contribution in [0.5, 0.6) is 0 Å². The minimum atomic E-state index is -3.09. The van der Waals surface area contributed by atoms with Crippen LogP contribution in [0.4, 0.5) is 5.82 Å². The number of carbonyl (C=O) groups is 1. The molecular weight excluding hydrogens is 603 g/mol. The minimum absolute atomic E-state index is 0.0177. The molecule has 0 aliphatic rings. The third kappa shape index (κ3) is 16.7. The fourth-order valence-corrected chi connectivity index (χ4v) is 7.72. The van der Waals surface area contributed by atoms with Crippen LogP contribution in [0.1, 0.15) is 131 Å². The number of rotatable bonds is 28. The molecule has 264 valence electrons. The van der Waals surface area contributed by atoms with Crippen LogP contribution < -0.4 is 10.8 Å². The number of nitrogens with zero attached hydrogens (tertiary/aromatic N) is 4. The normalized spacial score (nSPS) is 14.5. The van der Waals surface area contributed by atoms with Gasteiger partial charge in [0.1, 0.15) is 24.2 Å². The van der Waals surface area contributed by atoms with Gasteiger partial charge in [-0.25, -0.2) is 15.0 Å². The number of nitrogen functional groups attached to an aromatic ring is 1. The standard InChI is InChI=1S/C34H63N6O5P/c1-6-7-8-9-10-11-12-13-14-15-16-17-18-19-21-43-22-20-23-46(42,39-30(5)34(41)45-28(2)3)27-44-29(4)24-40-26-38-31-32(35)36-25-37-33(31)40/h25-26,28-30H,6-24,27H2,1-5H3,(H,39,42)(H2,35,36,37)/t29-,30+,46?/m1/s1. The zero-order valence-corrected chi connectivity index (χ0v) is 30.3. The molecule has 0 radical (unpaired) electrons. The SMILES string of the molecule is CCCCCCCCCCCCCCCCOCCCP(=O)(CO[C@H](C)Cn1cnc2c(N)ncnc21)N[C@@H](C)C(=O)OC(C)C. The van der Waals surface area contributed by atoms with Crippen molar-refractivity contribution in [1.29, 1.82) is 0 Å². The Balaban J connectivity index is 1.67. The van der Waals surface area contributed by atoms with Gasteiger partial charge in [0, 0.05) is 19.4 Å². The molecule has 46 heavy (non-hydrogen) atoms. The summed E-state index contributed by atoms with van der Waals surface area (Å²) in [7, 11) is -3.09. The molecule has 2 rings (SSSR count). The monoisotopic (exact) mass is 666 g/mol. The summed E-state index contributed by atoms with van der Waals surface area (Å²) in [5, 5.41) is 3.05. The van der Waals surface area contributed by atoms with Crippen LogP contribution in [0, 0.1) is 0 Å². The molecule has 12 heteroatoms. The number of nitrogens with one attached hydrogen (secondary N) is 1. The van der Waals surface area contributed by atoms with Gasteiger partial charge in [-0.05, 0) is 40.5 Å². The van der Waals surface area contributed by atoms with Crippen molar-refractivity contribution in [2.24, 2.45) is 0 Å². The molecule has 0 aliphatic carbocycles. The van der Waals surface area contributed by atoms with Crippen LogP contribution in [-0.4, -0.2) is 69.5 Å². The van der Waals surface area contributed by atoms with Gasteiger partial charge < -0.3 is 29.1 Å². The second-order valence-corrected chi connectivity index (χ2v) is 15.7. The predicted octanol–water partition coefficient (Wildman–Crippen LogP) is 7.87. The van der Waals surface area contributed by atoms with E-state index in [9.17, 15) is 9.36 Å². The van der Waals surface area contributed by atoms with Crippen molar-refractivity contribution >= 4 is 30.2 Å². The third-order valence-electron chi connectivity index (χ3n) is 8.04. The Labute approximate surface area is 278 Å². The van der Waals surface area contributed by atoms with Crippen molar-refractivity contribution in [3.05, 3.63) is 12.7 Å². The summed E-state index contributed by atoms with van der Waals surface area (Å²) in [4.78, 5) is 25.0. The maximum Gasteiger partial charge on any atom is 0.323 e. The van der Waals surface area contributed by atoms with E-state index in [2.05, 4.69) is 27.0 Å². The van der Waals surface area contributed by atoms with E-state index in [1.807, 2.05) is 11.5 Å². The molecule has 0 aliphatic heterocycles. The number of hydrogen-bond acceptors (Lipinski definition) is 9. The quantitative estimate of drug-likeness (QED) is 0.0523. The Morgan fingerprint density at radius 3 is 2.07 bits per heavy atom. The topological polar surface area (TPSA) is 143 Å². The Hall–Kier alpha value is -2.07. The van der Waals surface area contributed by atoms with Gasteiger partial charge in [-0.2, -0.15) is 0 Å². The first-order valence-electron chi connectivity index (χ1n) is 17.8. The van der Waals surface area contributed by atoms with Crippen molar-refractivity contribution in [2.75, 3.05) is 31.5 Å². The maximum atomic E-state index is 14.0. The highest BCUT2D eigenvalue weighted by molar-refractivity contribution is 7.61. The van der Waals surface area contributed by atoms with Gasteiger partial charge in [-0.15, -0.1) is 0 Å². The molecule has 0 aromatic carbocycles. The minimum Gasteiger partial charge on any atom is -0.462 e. The van der Waals surface area contributed by atoms with Crippen molar-refractivity contribution in [3.63, 3.8) is 0 Å². The number of fused-ring (bicyclic) bond motifs is 1. The van der Waals surface area contributed by atoms with Gasteiger partial charge in [-0.1, -0.05) is 90.4 Å². The third-order valence-corrected chi connectivity index (χ3v) is 10.5. The van der Waals surface area contributed by atoms with E-state index in [-0.39, 0.29) is 18.6 Å². The Bertz CT molecular complexity index is 1150. The van der Waals surface area contributed by atoms with Crippen LogP contribution in [0.25, 0.3) is 11.2 Å². The zero-order valence-electron chi connectivity index (χ0n) is 29.4. The molecule has 1 unspecified atom stereocenters. The average molecular weight is 667 g/mol. The van der Waals surface area contributed by atoms with Crippen molar-refractivity contribution in [2.45, 2.75) is 156 Å². The number of imidazole rings is 1. The lowest BCUT2D eigenvalue weighted by molar-refractivity contribution is -0.148. The Morgan fingerprint density at radius 1 is 0.870 bits per heavy atom. The number of hydrogen-bond donors (Lipinski definition) is 2. The van der Waals surface area contributed by atoms with Crippen LogP contribution >= 0.6 is 7.29 Å². The first kappa shape index (κ1) is 40.1. The van der Waals surface area contributed by atoms with Gasteiger partial charge in [0.15, 0.2) is 18.8 Å². The van der Waals surface area contributed by atoms with E-state index in [1.165, 1.54) is 89.8 Å². The summed E-state index contributed by atoms with van der Waals surface area (Å²) in [5.74, 6) is -0.112. The molecule has 2 heterocycles. The lowest BCUT2D eigenvalue weighted by Crippen LogP contribution is -2.36. The first-order chi connectivity index (χ1) is 22.1. The Morgan fingerprint density at radius 2 is 1.46 bits per heavy atom. The molecule has 0 fully saturated rings. The van der Waals surface area contributed by atoms with Gasteiger partial charge in [0.05, 0.1) is 25.1 Å². The van der Waals surface area contributed by atoms with Gasteiger partial charge in [-0.3, -0.25) is 9.88 Å². The summed E-state index contributed by atoms with van der Waals surface area (Å²) >= 11 is 0. The van der Waals surface area contributed by atoms with Gasteiger partial charge >= 0.3 is 5.97 Å². The molecule has 0 amide bonds. The summed E-state index contributed by atoms with van der Waals surface area (Å²) in [6, 6.07) is -0.721. The lowest BCUT2D eigenvalue weighted by atomic mass is 10.0. The van der Waals surface area contributed by atoms with Crippen molar-refractivity contribution in [3.8, 4) is 0 Å². The number of carbonyl (C=O) groups excluding carboxylic acids is 1. The lowest BCUT2D eigenvalue weighted by Gasteiger charge is -2.25. The van der Waals surface area contributed by atoms with E-state index in [0.717, 1.165) is 6.42 Å². The maximum absolute atomic E-state index is 14.0. The number of aromatic nitrogens is 4. The van der Waals surface area contributed by atoms with Crippen molar-refractivity contribution < 1.29 is 23.6 Å².